The maximum atomic E-state index is 12.8. The van der Waals surface area contributed by atoms with Gasteiger partial charge in [-0.25, -0.2) is 4.79 Å². The number of ether oxygens (including phenoxy) is 1. The lowest BCUT2D eigenvalue weighted by atomic mass is 9.88. The van der Waals surface area contributed by atoms with E-state index in [-0.39, 0.29) is 23.7 Å². The number of thioether (sulfide) groups is 1. The number of carbonyl (C=O) groups excluding carboxylic acids is 2. The Morgan fingerprint density at radius 2 is 2.06 bits per heavy atom. The monoisotopic (exact) mass is 462 g/mol. The fourth-order valence-corrected chi connectivity index (χ4v) is 6.33. The molecule has 2 aromatic heterocycles. The molecule has 31 heavy (non-hydrogen) atoms. The largest absolute Gasteiger partial charge is 0.462 e. The summed E-state index contributed by atoms with van der Waals surface area (Å²) in [7, 11) is 0. The van der Waals surface area contributed by atoms with Gasteiger partial charge in [0, 0.05) is 16.8 Å². The molecule has 2 aromatic rings. The van der Waals surface area contributed by atoms with Crippen LogP contribution in [0, 0.1) is 5.92 Å². The summed E-state index contributed by atoms with van der Waals surface area (Å²) in [5.41, 5.74) is 1.60. The van der Waals surface area contributed by atoms with E-state index in [0.29, 0.717) is 29.0 Å². The highest BCUT2D eigenvalue weighted by molar-refractivity contribution is 7.99. The van der Waals surface area contributed by atoms with Gasteiger partial charge in [0.2, 0.25) is 5.91 Å². The SMILES string of the molecule is CCOC(=O)c1c(NC(=O)CSc2nnc(C3CC3)n2C(C)C)sc2c1CCC(C)C2. The van der Waals surface area contributed by atoms with Crippen LogP contribution >= 0.6 is 23.1 Å². The van der Waals surface area contributed by atoms with E-state index in [9.17, 15) is 9.59 Å². The summed E-state index contributed by atoms with van der Waals surface area (Å²) in [5, 5.41) is 13.1. The van der Waals surface area contributed by atoms with Crippen molar-refractivity contribution < 1.29 is 14.3 Å². The summed E-state index contributed by atoms with van der Waals surface area (Å²) in [6.07, 6.45) is 5.17. The number of rotatable bonds is 8. The van der Waals surface area contributed by atoms with Gasteiger partial charge in [0.1, 0.15) is 10.8 Å². The van der Waals surface area contributed by atoms with E-state index in [2.05, 4.69) is 40.9 Å². The summed E-state index contributed by atoms with van der Waals surface area (Å²) in [6.45, 7) is 8.57. The number of aromatic nitrogens is 3. The van der Waals surface area contributed by atoms with Gasteiger partial charge in [-0.15, -0.1) is 21.5 Å². The zero-order chi connectivity index (χ0) is 22.1. The molecule has 0 spiro atoms. The van der Waals surface area contributed by atoms with Crippen molar-refractivity contribution in [3.05, 3.63) is 21.8 Å². The van der Waals surface area contributed by atoms with E-state index >= 15 is 0 Å². The molecule has 1 atom stereocenters. The maximum Gasteiger partial charge on any atom is 0.341 e. The Morgan fingerprint density at radius 3 is 2.74 bits per heavy atom. The minimum absolute atomic E-state index is 0.145. The predicted octanol–water partition coefficient (Wildman–Crippen LogP) is 4.83. The van der Waals surface area contributed by atoms with Crippen molar-refractivity contribution in [1.82, 2.24) is 14.8 Å². The first-order valence-corrected chi connectivity index (χ1v) is 12.9. The van der Waals surface area contributed by atoms with Gasteiger partial charge in [-0.05, 0) is 64.4 Å². The Kier molecular flexibility index (Phi) is 6.71. The van der Waals surface area contributed by atoms with Crippen LogP contribution in [0.25, 0.3) is 0 Å². The molecule has 2 heterocycles. The molecular weight excluding hydrogens is 432 g/mol. The highest BCUT2D eigenvalue weighted by Crippen LogP contribution is 2.42. The molecule has 0 aromatic carbocycles. The summed E-state index contributed by atoms with van der Waals surface area (Å²) in [4.78, 5) is 26.6. The molecule has 1 saturated carbocycles. The Bertz CT molecular complexity index is 978. The van der Waals surface area contributed by atoms with Gasteiger partial charge in [-0.1, -0.05) is 18.7 Å². The number of esters is 1. The van der Waals surface area contributed by atoms with E-state index in [4.69, 9.17) is 4.74 Å². The summed E-state index contributed by atoms with van der Waals surface area (Å²) >= 11 is 2.91. The Labute approximate surface area is 191 Å². The van der Waals surface area contributed by atoms with Crippen LogP contribution in [0.2, 0.25) is 0 Å². The quantitative estimate of drug-likeness (QED) is 0.447. The summed E-state index contributed by atoms with van der Waals surface area (Å²) in [6, 6.07) is 0.248. The number of amides is 1. The molecule has 2 aliphatic carbocycles. The Balaban J connectivity index is 1.48. The zero-order valence-corrected chi connectivity index (χ0v) is 20.2. The smallest absolute Gasteiger partial charge is 0.341 e. The number of hydrogen-bond acceptors (Lipinski definition) is 7. The molecule has 1 N–H and O–H groups in total. The van der Waals surface area contributed by atoms with Gasteiger partial charge in [0.05, 0.1) is 17.9 Å². The zero-order valence-electron chi connectivity index (χ0n) is 18.6. The highest BCUT2D eigenvalue weighted by atomic mass is 32.2. The second-order valence-corrected chi connectivity index (χ2v) is 10.7. The Morgan fingerprint density at radius 1 is 1.29 bits per heavy atom. The van der Waals surface area contributed by atoms with Crippen LogP contribution in [-0.4, -0.2) is 39.0 Å². The second-order valence-electron chi connectivity index (χ2n) is 8.69. The van der Waals surface area contributed by atoms with Gasteiger partial charge in [-0.3, -0.25) is 4.79 Å². The molecule has 1 unspecified atom stereocenters. The van der Waals surface area contributed by atoms with Crippen LogP contribution in [0.15, 0.2) is 5.16 Å². The van der Waals surface area contributed by atoms with Crippen molar-refractivity contribution in [3.8, 4) is 0 Å². The van der Waals surface area contributed by atoms with Crippen LogP contribution in [0.1, 0.15) is 85.5 Å². The van der Waals surface area contributed by atoms with E-state index in [0.717, 1.165) is 48.6 Å². The molecule has 9 heteroatoms. The molecule has 0 saturated heterocycles. The second kappa shape index (κ2) is 9.32. The van der Waals surface area contributed by atoms with E-state index in [1.54, 1.807) is 6.92 Å². The summed E-state index contributed by atoms with van der Waals surface area (Å²) < 4.78 is 7.44. The van der Waals surface area contributed by atoms with Crippen molar-refractivity contribution in [2.45, 2.75) is 76.9 Å². The number of anilines is 1. The van der Waals surface area contributed by atoms with E-state index in [1.165, 1.54) is 28.0 Å². The minimum Gasteiger partial charge on any atom is -0.462 e. The molecule has 4 rings (SSSR count). The first-order valence-electron chi connectivity index (χ1n) is 11.1. The average Bonchev–Trinajstić information content (AvgIpc) is 3.37. The van der Waals surface area contributed by atoms with Crippen molar-refractivity contribution in [1.29, 1.82) is 0 Å². The van der Waals surface area contributed by atoms with Gasteiger partial charge in [-0.2, -0.15) is 0 Å². The molecule has 1 fully saturated rings. The van der Waals surface area contributed by atoms with Crippen LogP contribution in [0.4, 0.5) is 5.00 Å². The minimum atomic E-state index is -0.342. The van der Waals surface area contributed by atoms with Crippen LogP contribution in [-0.2, 0) is 22.4 Å². The van der Waals surface area contributed by atoms with Gasteiger partial charge in [0.25, 0.3) is 0 Å². The highest BCUT2D eigenvalue weighted by Gasteiger charge is 2.32. The lowest BCUT2D eigenvalue weighted by Gasteiger charge is -2.18. The van der Waals surface area contributed by atoms with Crippen molar-refractivity contribution >= 4 is 40.0 Å². The Hall–Kier alpha value is -1.87. The van der Waals surface area contributed by atoms with Gasteiger partial charge < -0.3 is 14.6 Å². The van der Waals surface area contributed by atoms with E-state index < -0.39 is 0 Å². The van der Waals surface area contributed by atoms with Crippen LogP contribution < -0.4 is 5.32 Å². The van der Waals surface area contributed by atoms with Gasteiger partial charge >= 0.3 is 5.97 Å². The molecule has 0 radical (unpaired) electrons. The van der Waals surface area contributed by atoms with Crippen molar-refractivity contribution in [3.63, 3.8) is 0 Å². The van der Waals surface area contributed by atoms with Crippen molar-refractivity contribution in [2.75, 3.05) is 17.7 Å². The third-order valence-corrected chi connectivity index (χ3v) is 7.84. The lowest BCUT2D eigenvalue weighted by Crippen LogP contribution is -2.18. The molecule has 0 bridgehead atoms. The van der Waals surface area contributed by atoms with Crippen molar-refractivity contribution in [2.24, 2.45) is 5.92 Å². The molecule has 1 amide bonds. The lowest BCUT2D eigenvalue weighted by molar-refractivity contribution is -0.113. The standard InChI is InChI=1S/C22H30N4O3S2/c1-5-29-21(28)18-15-9-6-13(4)10-16(15)31-20(18)23-17(27)11-30-22-25-24-19(14-7-8-14)26(22)12(2)3/h12-14H,5-11H2,1-4H3,(H,23,27). The third kappa shape index (κ3) is 4.82. The molecule has 7 nitrogen and oxygen atoms in total. The molecule has 0 aliphatic heterocycles. The van der Waals surface area contributed by atoms with Crippen LogP contribution in [0.5, 0.6) is 0 Å². The number of hydrogen-bond donors (Lipinski definition) is 1. The average molecular weight is 463 g/mol. The number of thiophene rings is 1. The first kappa shape index (κ1) is 22.3. The number of nitrogens with zero attached hydrogens (tertiary/aromatic N) is 3. The van der Waals surface area contributed by atoms with Crippen LogP contribution in [0.3, 0.4) is 0 Å². The third-order valence-electron chi connectivity index (χ3n) is 5.73. The fraction of sp³-hybridized carbons (Fsp3) is 0.636. The summed E-state index contributed by atoms with van der Waals surface area (Å²) in [5.74, 6) is 1.85. The number of carbonyl (C=O) groups is 2. The fourth-order valence-electron chi connectivity index (χ4n) is 4.04. The first-order chi connectivity index (χ1) is 14.9. The number of fused-ring (bicyclic) bond motifs is 1. The van der Waals surface area contributed by atoms with E-state index in [1.807, 2.05) is 0 Å². The molecule has 2 aliphatic rings. The molecule has 168 valence electrons. The van der Waals surface area contributed by atoms with Gasteiger partial charge in [0.15, 0.2) is 5.16 Å². The maximum absolute atomic E-state index is 12.8. The number of nitrogens with one attached hydrogen (secondary N) is 1. The normalized spacial score (nSPS) is 18.2. The predicted molar refractivity (Wildman–Crippen MR) is 123 cm³/mol. The molecular formula is C22H30N4O3S2. The topological polar surface area (TPSA) is 86.1 Å².